The van der Waals surface area contributed by atoms with Crippen molar-refractivity contribution in [1.29, 1.82) is 0 Å². The van der Waals surface area contributed by atoms with Crippen LogP contribution >= 0.6 is 22.2 Å². The molecule has 0 aromatic heterocycles. The number of unbranched alkanes of at least 4 members (excludes halogenated alkanes) is 3. The average Bonchev–Trinajstić information content (AvgIpc) is 2.30. The van der Waals surface area contributed by atoms with Gasteiger partial charge in [0.2, 0.25) is 7.42 Å². The first-order chi connectivity index (χ1) is 7.75. The Balaban J connectivity index is 2.49. The minimum absolute atomic E-state index is 0.418. The predicted octanol–water partition coefficient (Wildman–Crippen LogP) is 4.98. The first-order valence-electron chi connectivity index (χ1n) is 6.08. The SMILES string of the molecule is CCCCCCC(c1ccccc1)[SiH](Cl)Cl. The van der Waals surface area contributed by atoms with Crippen LogP contribution in [0.5, 0.6) is 0 Å². The van der Waals surface area contributed by atoms with Crippen molar-refractivity contribution in [1.82, 2.24) is 0 Å². The van der Waals surface area contributed by atoms with E-state index in [1.165, 1.54) is 31.2 Å². The largest absolute Gasteiger partial charge is 0.244 e. The molecular formula is C13H20Cl2Si. The van der Waals surface area contributed by atoms with Crippen molar-refractivity contribution >= 4 is 29.6 Å². The van der Waals surface area contributed by atoms with E-state index in [-0.39, 0.29) is 0 Å². The molecule has 1 aromatic carbocycles. The van der Waals surface area contributed by atoms with Crippen molar-refractivity contribution in [2.24, 2.45) is 0 Å². The minimum atomic E-state index is -1.62. The Bertz CT molecular complexity index is 275. The molecule has 0 saturated heterocycles. The molecule has 1 atom stereocenters. The molecule has 0 aliphatic rings. The lowest BCUT2D eigenvalue weighted by atomic mass is 10.1. The molecule has 0 aliphatic heterocycles. The van der Waals surface area contributed by atoms with Crippen LogP contribution in [-0.4, -0.2) is 7.42 Å². The molecule has 90 valence electrons. The van der Waals surface area contributed by atoms with Crippen molar-refractivity contribution in [2.45, 2.75) is 44.6 Å². The van der Waals surface area contributed by atoms with Gasteiger partial charge in [-0.3, -0.25) is 0 Å². The van der Waals surface area contributed by atoms with Gasteiger partial charge >= 0.3 is 0 Å². The van der Waals surface area contributed by atoms with Crippen LogP contribution in [0.2, 0.25) is 0 Å². The van der Waals surface area contributed by atoms with Gasteiger partial charge < -0.3 is 0 Å². The Morgan fingerprint density at radius 2 is 1.75 bits per heavy atom. The zero-order chi connectivity index (χ0) is 11.8. The number of hydrogen-bond donors (Lipinski definition) is 0. The first-order valence-corrected chi connectivity index (χ1v) is 10.2. The van der Waals surface area contributed by atoms with Gasteiger partial charge in [-0.25, -0.2) is 0 Å². The van der Waals surface area contributed by atoms with Crippen LogP contribution in [0.25, 0.3) is 0 Å². The fourth-order valence-electron chi connectivity index (χ4n) is 1.93. The van der Waals surface area contributed by atoms with Crippen molar-refractivity contribution in [3.8, 4) is 0 Å². The summed E-state index contributed by atoms with van der Waals surface area (Å²) in [4.78, 5) is 0. The van der Waals surface area contributed by atoms with Gasteiger partial charge in [0.15, 0.2) is 0 Å². The van der Waals surface area contributed by atoms with E-state index >= 15 is 0 Å². The van der Waals surface area contributed by atoms with Gasteiger partial charge in [-0.1, -0.05) is 62.9 Å². The van der Waals surface area contributed by atoms with Crippen LogP contribution in [0.3, 0.4) is 0 Å². The van der Waals surface area contributed by atoms with Crippen LogP contribution in [0, 0.1) is 0 Å². The fraction of sp³-hybridized carbons (Fsp3) is 0.538. The standard InChI is InChI=1S/C13H20Cl2Si/c1-2-3-4-8-11-13(16(14)15)12-9-6-5-7-10-12/h5-7,9-10,13,16H,2-4,8,11H2,1H3. The molecule has 0 radical (unpaired) electrons. The molecule has 3 heteroatoms. The summed E-state index contributed by atoms with van der Waals surface area (Å²) in [5, 5.41) is 0. The second-order valence-electron chi connectivity index (χ2n) is 4.20. The monoisotopic (exact) mass is 274 g/mol. The second-order valence-corrected chi connectivity index (χ2v) is 9.17. The van der Waals surface area contributed by atoms with Gasteiger partial charge in [-0.05, 0) is 12.0 Å². The molecule has 0 spiro atoms. The Morgan fingerprint density at radius 1 is 1.06 bits per heavy atom. The van der Waals surface area contributed by atoms with E-state index in [4.69, 9.17) is 22.2 Å². The van der Waals surface area contributed by atoms with E-state index in [2.05, 4.69) is 31.2 Å². The van der Waals surface area contributed by atoms with Gasteiger partial charge in [0.05, 0.1) is 0 Å². The van der Waals surface area contributed by atoms with Crippen molar-refractivity contribution in [2.75, 3.05) is 0 Å². The first kappa shape index (κ1) is 14.1. The van der Waals surface area contributed by atoms with Crippen molar-refractivity contribution in [3.05, 3.63) is 35.9 Å². The Hall–Kier alpha value is 0.0169. The predicted molar refractivity (Wildman–Crippen MR) is 76.8 cm³/mol. The van der Waals surface area contributed by atoms with E-state index in [1.807, 2.05) is 6.07 Å². The highest BCUT2D eigenvalue weighted by Crippen LogP contribution is 2.28. The third kappa shape index (κ3) is 4.90. The van der Waals surface area contributed by atoms with Crippen molar-refractivity contribution < 1.29 is 0 Å². The molecule has 16 heavy (non-hydrogen) atoms. The summed E-state index contributed by atoms with van der Waals surface area (Å²) in [5.41, 5.74) is 1.74. The summed E-state index contributed by atoms with van der Waals surface area (Å²) in [5.74, 6) is 0. The normalized spacial score (nSPS) is 13.0. The van der Waals surface area contributed by atoms with Crippen LogP contribution < -0.4 is 0 Å². The molecule has 0 amide bonds. The molecule has 0 bridgehead atoms. The lowest BCUT2D eigenvalue weighted by Gasteiger charge is -2.17. The Morgan fingerprint density at radius 3 is 2.31 bits per heavy atom. The molecular weight excluding hydrogens is 255 g/mol. The number of rotatable bonds is 7. The third-order valence-corrected chi connectivity index (χ3v) is 6.05. The lowest BCUT2D eigenvalue weighted by Crippen LogP contribution is -2.11. The summed E-state index contributed by atoms with van der Waals surface area (Å²) in [7, 11) is -1.62. The maximum atomic E-state index is 6.20. The quantitative estimate of drug-likeness (QED) is 0.374. The molecule has 0 saturated carbocycles. The van der Waals surface area contributed by atoms with Gasteiger partial charge in [-0.2, -0.15) is 0 Å². The van der Waals surface area contributed by atoms with Crippen molar-refractivity contribution in [3.63, 3.8) is 0 Å². The molecule has 0 fully saturated rings. The topological polar surface area (TPSA) is 0 Å². The van der Waals surface area contributed by atoms with E-state index in [9.17, 15) is 0 Å². The smallest absolute Gasteiger partial charge is 0.150 e. The van der Waals surface area contributed by atoms with Gasteiger partial charge in [0, 0.05) is 5.54 Å². The van der Waals surface area contributed by atoms with Crippen LogP contribution in [0.4, 0.5) is 0 Å². The number of benzene rings is 1. The van der Waals surface area contributed by atoms with E-state index in [0.717, 1.165) is 6.42 Å². The number of halogens is 2. The zero-order valence-corrected chi connectivity index (χ0v) is 12.5. The molecule has 1 rings (SSSR count). The summed E-state index contributed by atoms with van der Waals surface area (Å²) in [6.07, 6.45) is 6.29. The summed E-state index contributed by atoms with van der Waals surface area (Å²) in [6.45, 7) is 2.23. The molecule has 0 aliphatic carbocycles. The third-order valence-electron chi connectivity index (χ3n) is 2.90. The van der Waals surface area contributed by atoms with E-state index < -0.39 is 7.42 Å². The Labute approximate surface area is 110 Å². The maximum Gasteiger partial charge on any atom is 0.244 e. The summed E-state index contributed by atoms with van der Waals surface area (Å²) in [6, 6.07) is 10.5. The molecule has 0 N–H and O–H groups in total. The molecule has 1 unspecified atom stereocenters. The fourth-order valence-corrected chi connectivity index (χ4v) is 4.56. The summed E-state index contributed by atoms with van der Waals surface area (Å²) >= 11 is 12.4. The van der Waals surface area contributed by atoms with Crippen LogP contribution in [0.15, 0.2) is 30.3 Å². The molecule has 1 aromatic rings. The van der Waals surface area contributed by atoms with E-state index in [0.29, 0.717) is 5.54 Å². The van der Waals surface area contributed by atoms with Gasteiger partial charge in [0.25, 0.3) is 0 Å². The van der Waals surface area contributed by atoms with Crippen LogP contribution in [0.1, 0.15) is 50.1 Å². The van der Waals surface area contributed by atoms with Gasteiger partial charge in [0.1, 0.15) is 0 Å². The van der Waals surface area contributed by atoms with Gasteiger partial charge in [-0.15, -0.1) is 22.2 Å². The second kappa shape index (κ2) is 8.16. The zero-order valence-electron chi connectivity index (χ0n) is 9.83. The number of hydrogen-bond acceptors (Lipinski definition) is 0. The van der Waals surface area contributed by atoms with E-state index in [1.54, 1.807) is 0 Å². The average molecular weight is 275 g/mol. The Kier molecular flexibility index (Phi) is 7.18. The van der Waals surface area contributed by atoms with Crippen LogP contribution in [-0.2, 0) is 0 Å². The molecule has 0 nitrogen and oxygen atoms in total. The highest BCUT2D eigenvalue weighted by atomic mass is 35.7. The molecule has 0 heterocycles. The maximum absolute atomic E-state index is 6.20. The highest BCUT2D eigenvalue weighted by molar-refractivity contribution is 7.34. The summed E-state index contributed by atoms with van der Waals surface area (Å²) < 4.78 is 0. The lowest BCUT2D eigenvalue weighted by molar-refractivity contribution is 0.622. The minimum Gasteiger partial charge on any atom is -0.150 e. The highest BCUT2D eigenvalue weighted by Gasteiger charge is 2.20.